The summed E-state index contributed by atoms with van der Waals surface area (Å²) in [5.74, 6) is -2.68. The Hall–Kier alpha value is -1.36. The number of nitrogens with two attached hydrogens (primary N) is 1. The Morgan fingerprint density at radius 3 is 2.82 bits per heavy atom. The number of benzene rings is 1. The molecule has 0 bridgehead atoms. The van der Waals surface area contributed by atoms with Crippen LogP contribution in [0.4, 0.5) is 20.2 Å². The summed E-state index contributed by atoms with van der Waals surface area (Å²) in [6, 6.07) is 6.75. The molecule has 1 saturated heterocycles. The lowest BCUT2D eigenvalue weighted by molar-refractivity contribution is 0.0189. The number of para-hydroxylation sites is 2. The first-order valence-electron chi connectivity index (χ1n) is 5.51. The lowest BCUT2D eigenvalue weighted by Gasteiger charge is -2.26. The van der Waals surface area contributed by atoms with Crippen LogP contribution in [0, 0.1) is 0 Å². The van der Waals surface area contributed by atoms with Crippen LogP contribution in [0.2, 0.25) is 0 Å². The molecule has 0 amide bonds. The second-order valence-corrected chi connectivity index (χ2v) is 4.36. The van der Waals surface area contributed by atoms with E-state index in [1.807, 2.05) is 0 Å². The Morgan fingerprint density at radius 2 is 2.18 bits per heavy atom. The molecule has 0 unspecified atom stereocenters. The first-order chi connectivity index (χ1) is 8.03. The van der Waals surface area contributed by atoms with Gasteiger partial charge in [-0.2, -0.15) is 0 Å². The van der Waals surface area contributed by atoms with Crippen molar-refractivity contribution in [1.29, 1.82) is 0 Å². The number of ether oxygens (including phenoxy) is 1. The summed E-state index contributed by atoms with van der Waals surface area (Å²) < 4.78 is 31.9. The number of hydrogen-bond acceptors (Lipinski definition) is 3. The number of anilines is 2. The van der Waals surface area contributed by atoms with Crippen molar-refractivity contribution in [3.63, 3.8) is 0 Å². The molecule has 1 aromatic rings. The summed E-state index contributed by atoms with van der Waals surface area (Å²) in [5, 5.41) is 0. The molecule has 94 valence electrons. The van der Waals surface area contributed by atoms with Gasteiger partial charge in [0, 0.05) is 13.5 Å². The van der Waals surface area contributed by atoms with Crippen molar-refractivity contribution in [3.05, 3.63) is 24.3 Å². The fraction of sp³-hybridized carbons (Fsp3) is 0.500. The molecule has 17 heavy (non-hydrogen) atoms. The summed E-state index contributed by atoms with van der Waals surface area (Å²) in [7, 11) is 1.52. The zero-order valence-electron chi connectivity index (χ0n) is 9.70. The van der Waals surface area contributed by atoms with Crippen molar-refractivity contribution in [1.82, 2.24) is 0 Å². The van der Waals surface area contributed by atoms with Crippen molar-refractivity contribution in [2.75, 3.05) is 30.9 Å². The molecule has 1 fully saturated rings. The highest BCUT2D eigenvalue weighted by Gasteiger charge is 2.45. The van der Waals surface area contributed by atoms with E-state index in [0.717, 1.165) is 0 Å². The Bertz CT molecular complexity index is 398. The van der Waals surface area contributed by atoms with Gasteiger partial charge >= 0.3 is 0 Å². The molecule has 0 saturated carbocycles. The van der Waals surface area contributed by atoms with Gasteiger partial charge < -0.3 is 15.4 Å². The summed E-state index contributed by atoms with van der Waals surface area (Å²) in [6.45, 7) is -0.0147. The van der Waals surface area contributed by atoms with Crippen LogP contribution in [0.5, 0.6) is 0 Å². The van der Waals surface area contributed by atoms with E-state index in [1.165, 1.54) is 7.11 Å². The third kappa shape index (κ3) is 2.49. The monoisotopic (exact) mass is 242 g/mol. The van der Waals surface area contributed by atoms with Gasteiger partial charge in [-0.25, -0.2) is 8.78 Å². The minimum Gasteiger partial charge on any atom is -0.397 e. The predicted molar refractivity (Wildman–Crippen MR) is 63.4 cm³/mol. The average Bonchev–Trinajstić information content (AvgIpc) is 2.55. The fourth-order valence-corrected chi connectivity index (χ4v) is 2.27. The van der Waals surface area contributed by atoms with Crippen LogP contribution in [-0.4, -0.2) is 32.2 Å². The smallest absolute Gasteiger partial charge is 0.267 e. The number of alkyl halides is 2. The molecule has 1 heterocycles. The molecular weight excluding hydrogens is 226 g/mol. The van der Waals surface area contributed by atoms with E-state index in [4.69, 9.17) is 10.5 Å². The number of rotatable bonds is 3. The molecule has 1 aromatic carbocycles. The number of halogens is 2. The fourth-order valence-electron chi connectivity index (χ4n) is 2.27. The molecule has 1 aliphatic heterocycles. The van der Waals surface area contributed by atoms with Crippen LogP contribution in [0.25, 0.3) is 0 Å². The summed E-state index contributed by atoms with van der Waals surface area (Å²) in [5.41, 5.74) is 7.00. The third-order valence-corrected chi connectivity index (χ3v) is 2.98. The van der Waals surface area contributed by atoms with Gasteiger partial charge in [-0.1, -0.05) is 12.1 Å². The number of nitrogen functional groups attached to an aromatic ring is 1. The van der Waals surface area contributed by atoms with E-state index >= 15 is 0 Å². The Balaban J connectivity index is 2.27. The minimum atomic E-state index is -2.68. The lowest BCUT2D eigenvalue weighted by atomic mass is 10.2. The van der Waals surface area contributed by atoms with Crippen molar-refractivity contribution in [2.45, 2.75) is 18.4 Å². The van der Waals surface area contributed by atoms with Gasteiger partial charge in [0.2, 0.25) is 0 Å². The third-order valence-electron chi connectivity index (χ3n) is 2.98. The topological polar surface area (TPSA) is 38.5 Å². The minimum absolute atomic E-state index is 0.185. The van der Waals surface area contributed by atoms with Crippen molar-refractivity contribution < 1.29 is 13.5 Å². The molecule has 1 aliphatic rings. The van der Waals surface area contributed by atoms with E-state index in [1.54, 1.807) is 29.2 Å². The summed E-state index contributed by atoms with van der Waals surface area (Å²) >= 11 is 0. The first kappa shape index (κ1) is 12.1. The average molecular weight is 242 g/mol. The lowest BCUT2D eigenvalue weighted by Crippen LogP contribution is -2.33. The second kappa shape index (κ2) is 4.49. The molecule has 1 atom stereocenters. The standard InChI is InChI=1S/C12H16F2N2O/c1-17-7-9-6-12(13,14)8-16(9)11-5-3-2-4-10(11)15/h2-5,9H,6-8,15H2,1H3/t9-/m0/s1. The van der Waals surface area contributed by atoms with Crippen LogP contribution in [0.15, 0.2) is 24.3 Å². The molecule has 2 rings (SSSR count). The highest BCUT2D eigenvalue weighted by atomic mass is 19.3. The molecule has 2 N–H and O–H groups in total. The van der Waals surface area contributed by atoms with Crippen LogP contribution in [-0.2, 0) is 4.74 Å². The van der Waals surface area contributed by atoms with Crippen molar-refractivity contribution in [3.8, 4) is 0 Å². The van der Waals surface area contributed by atoms with Crippen molar-refractivity contribution >= 4 is 11.4 Å². The van der Waals surface area contributed by atoms with Gasteiger partial charge in [-0.05, 0) is 12.1 Å². The maximum atomic E-state index is 13.4. The number of nitrogens with zero attached hydrogens (tertiary/aromatic N) is 1. The normalized spacial score (nSPS) is 23.0. The zero-order valence-corrected chi connectivity index (χ0v) is 9.70. The summed E-state index contributed by atoms with van der Waals surface area (Å²) in [6.07, 6.45) is -0.185. The quantitative estimate of drug-likeness (QED) is 0.825. The number of methoxy groups -OCH3 is 1. The largest absolute Gasteiger partial charge is 0.397 e. The molecule has 0 aromatic heterocycles. The second-order valence-electron chi connectivity index (χ2n) is 4.36. The Kier molecular flexibility index (Phi) is 3.19. The molecule has 0 radical (unpaired) electrons. The van der Waals surface area contributed by atoms with Crippen LogP contribution in [0.1, 0.15) is 6.42 Å². The van der Waals surface area contributed by atoms with Gasteiger partial charge in [0.05, 0.1) is 30.6 Å². The van der Waals surface area contributed by atoms with Gasteiger partial charge in [0.1, 0.15) is 0 Å². The predicted octanol–water partition coefficient (Wildman–Crippen LogP) is 2.13. The van der Waals surface area contributed by atoms with E-state index in [2.05, 4.69) is 0 Å². The molecule has 0 aliphatic carbocycles. The highest BCUT2D eigenvalue weighted by Crippen LogP contribution is 2.37. The molecule has 3 nitrogen and oxygen atoms in total. The maximum absolute atomic E-state index is 13.4. The SMILES string of the molecule is COC[C@@H]1CC(F)(F)CN1c1ccccc1N. The zero-order chi connectivity index (χ0) is 12.5. The first-order valence-corrected chi connectivity index (χ1v) is 5.51. The van der Waals surface area contributed by atoms with Gasteiger partial charge in [-0.3, -0.25) is 0 Å². The van der Waals surface area contributed by atoms with Gasteiger partial charge in [0.15, 0.2) is 0 Å². The van der Waals surface area contributed by atoms with E-state index in [-0.39, 0.29) is 25.6 Å². The molecule has 0 spiro atoms. The maximum Gasteiger partial charge on any atom is 0.267 e. The molecule has 5 heteroatoms. The van der Waals surface area contributed by atoms with E-state index < -0.39 is 5.92 Å². The van der Waals surface area contributed by atoms with Gasteiger partial charge in [0.25, 0.3) is 5.92 Å². The van der Waals surface area contributed by atoms with E-state index in [0.29, 0.717) is 11.4 Å². The number of hydrogen-bond donors (Lipinski definition) is 1. The Labute approximate surface area is 99.2 Å². The Morgan fingerprint density at radius 1 is 1.47 bits per heavy atom. The van der Waals surface area contributed by atoms with Crippen LogP contribution < -0.4 is 10.6 Å². The van der Waals surface area contributed by atoms with Gasteiger partial charge in [-0.15, -0.1) is 0 Å². The summed E-state index contributed by atoms with van der Waals surface area (Å²) in [4.78, 5) is 1.64. The van der Waals surface area contributed by atoms with Crippen molar-refractivity contribution in [2.24, 2.45) is 0 Å². The van der Waals surface area contributed by atoms with E-state index in [9.17, 15) is 8.78 Å². The van der Waals surface area contributed by atoms with Crippen LogP contribution >= 0.6 is 0 Å². The molecular formula is C12H16F2N2O. The van der Waals surface area contributed by atoms with Crippen LogP contribution in [0.3, 0.4) is 0 Å². The highest BCUT2D eigenvalue weighted by molar-refractivity contribution is 5.68.